The molecule has 1 aromatic carbocycles. The smallest absolute Gasteiger partial charge is 0.430 e. The quantitative estimate of drug-likeness (QED) is 0.113. The highest BCUT2D eigenvalue weighted by atomic mass is 79.9. The Morgan fingerprint density at radius 3 is 2.15 bits per heavy atom. The van der Waals surface area contributed by atoms with E-state index in [1.54, 1.807) is 0 Å². The number of esters is 1. The molecule has 12 nitrogen and oxygen atoms in total. The van der Waals surface area contributed by atoms with Crippen LogP contribution in [-0.4, -0.2) is 63.3 Å². The van der Waals surface area contributed by atoms with Crippen LogP contribution in [0.4, 0.5) is 13.2 Å². The lowest BCUT2D eigenvalue weighted by atomic mass is 9.98. The van der Waals surface area contributed by atoms with Gasteiger partial charge in [-0.15, -0.1) is 0 Å². The highest BCUT2D eigenvalue weighted by Crippen LogP contribution is 2.43. The van der Waals surface area contributed by atoms with Crippen molar-refractivity contribution in [3.05, 3.63) is 33.3 Å². The number of rotatable bonds is 9. The Labute approximate surface area is 193 Å². The van der Waals surface area contributed by atoms with Crippen LogP contribution < -0.4 is 16.0 Å². The van der Waals surface area contributed by atoms with Crippen LogP contribution in [0.25, 0.3) is 6.08 Å². The van der Waals surface area contributed by atoms with E-state index >= 15 is 0 Å². The normalized spacial score (nSPS) is 15.8. The van der Waals surface area contributed by atoms with Crippen molar-refractivity contribution in [3.8, 4) is 5.75 Å². The molecule has 0 bridgehead atoms. The Balaban J connectivity index is 0.00000265. The fourth-order valence-corrected chi connectivity index (χ4v) is 3.05. The Kier molecular flexibility index (Phi) is 11.1. The first-order valence-corrected chi connectivity index (χ1v) is 9.99. The number of benzene rings is 1. The molecule has 1 aliphatic heterocycles. The molecule has 16 heteroatoms. The van der Waals surface area contributed by atoms with Crippen molar-refractivity contribution >= 4 is 28.0 Å². The van der Waals surface area contributed by atoms with E-state index in [2.05, 4.69) is 25.6 Å². The molecule has 1 heterocycles. The van der Waals surface area contributed by atoms with Gasteiger partial charge in [-0.25, -0.2) is 4.79 Å². The molecule has 0 aliphatic carbocycles. The summed E-state index contributed by atoms with van der Waals surface area (Å²) in [5.41, 5.74) is -1.49. The average Bonchev–Trinajstić information content (AvgIpc) is 2.74. The zero-order chi connectivity index (χ0) is 25.4. The molecule has 33 heavy (non-hydrogen) atoms. The molecule has 1 aliphatic rings. The Morgan fingerprint density at radius 1 is 1.15 bits per heavy atom. The summed E-state index contributed by atoms with van der Waals surface area (Å²) >= 11 is 3.00. The third-order valence-electron chi connectivity index (χ3n) is 3.79. The predicted molar refractivity (Wildman–Crippen MR) is 101 cm³/mol. The number of halogens is 4. The second-order valence-corrected chi connectivity index (χ2v) is 6.97. The molecular weight excluding hydrogens is 529 g/mol. The van der Waals surface area contributed by atoms with Crippen LogP contribution in [0.2, 0.25) is 0 Å². The molecular formula is C17H24BrF3N2O10+2. The molecule has 9 N–H and O–H groups in total. The van der Waals surface area contributed by atoms with Crippen LogP contribution >= 0.6 is 15.9 Å². The minimum absolute atomic E-state index is 0.123. The van der Waals surface area contributed by atoms with Crippen LogP contribution in [0.3, 0.4) is 0 Å². The van der Waals surface area contributed by atoms with E-state index in [-0.39, 0.29) is 21.3 Å². The molecule has 0 fully saturated rings. The fraction of sp³-hybridized carbons (Fsp3) is 0.471. The van der Waals surface area contributed by atoms with Gasteiger partial charge in [0.1, 0.15) is 19.0 Å². The van der Waals surface area contributed by atoms with Crippen molar-refractivity contribution in [2.24, 2.45) is 0 Å². The number of nitrogens with two attached hydrogens (primary N) is 2. The van der Waals surface area contributed by atoms with Gasteiger partial charge in [0, 0.05) is 10.0 Å². The van der Waals surface area contributed by atoms with Gasteiger partial charge in [-0.1, -0.05) is 41.1 Å². The van der Waals surface area contributed by atoms with Gasteiger partial charge >= 0.3 is 18.1 Å². The van der Waals surface area contributed by atoms with Crippen LogP contribution in [-0.2, 0) is 25.2 Å². The summed E-state index contributed by atoms with van der Waals surface area (Å²) < 4.78 is 50.7. The average molecular weight is 553 g/mol. The van der Waals surface area contributed by atoms with Crippen molar-refractivity contribution < 1.29 is 74.1 Å². The highest BCUT2D eigenvalue weighted by Gasteiger charge is 2.50. The van der Waals surface area contributed by atoms with Crippen LogP contribution in [0.1, 0.15) is 25.0 Å². The molecule has 0 saturated carbocycles. The maximum absolute atomic E-state index is 13.6. The molecule has 1 aromatic rings. The lowest BCUT2D eigenvalue weighted by molar-refractivity contribution is -1.07. The molecule has 0 amide bonds. The Hall–Kier alpha value is -1.86. The highest BCUT2D eigenvalue weighted by molar-refractivity contribution is 9.10. The van der Waals surface area contributed by atoms with Crippen molar-refractivity contribution in [1.29, 1.82) is 0 Å². The minimum atomic E-state index is -5.14. The number of ether oxygens (including phenoxy) is 2. The van der Waals surface area contributed by atoms with Gasteiger partial charge in [0.15, 0.2) is 6.10 Å². The summed E-state index contributed by atoms with van der Waals surface area (Å²) in [4.78, 5) is 21.5. The van der Waals surface area contributed by atoms with E-state index in [0.29, 0.717) is 0 Å². The molecule has 0 spiro atoms. The van der Waals surface area contributed by atoms with Gasteiger partial charge in [0.2, 0.25) is 6.10 Å². The minimum Gasteiger partial charge on any atom is -0.475 e. The number of alkyl halides is 3. The first-order chi connectivity index (χ1) is 15.4. The lowest BCUT2D eigenvalue weighted by Crippen LogP contribution is -2.81. The van der Waals surface area contributed by atoms with E-state index in [1.165, 1.54) is 6.07 Å². The number of quaternary nitrogens is 2. The Morgan fingerprint density at radius 2 is 1.70 bits per heavy atom. The van der Waals surface area contributed by atoms with Crippen LogP contribution in [0.15, 0.2) is 22.2 Å². The van der Waals surface area contributed by atoms with E-state index in [9.17, 15) is 33.3 Å². The maximum Gasteiger partial charge on any atom is 0.430 e. The molecule has 0 radical (unpaired) electrons. The maximum atomic E-state index is 13.6. The SMILES string of the molecule is CC.O=C(OC(CO[NH2+]O)CO[NH2+]O)C1=Cc2cc(Br)cc(C(O)(O)O)c2OC1C(F)(F)F. The predicted octanol–water partition coefficient (Wildman–Crippen LogP) is -1.05. The number of aliphatic hydroxyl groups is 3. The van der Waals surface area contributed by atoms with Crippen LogP contribution in [0.5, 0.6) is 5.75 Å². The van der Waals surface area contributed by atoms with E-state index < -0.39 is 60.4 Å². The van der Waals surface area contributed by atoms with Crippen molar-refractivity contribution in [1.82, 2.24) is 0 Å². The topological polar surface area (TPSA) is 188 Å². The van der Waals surface area contributed by atoms with Crippen molar-refractivity contribution in [3.63, 3.8) is 0 Å². The van der Waals surface area contributed by atoms with Crippen molar-refractivity contribution in [2.75, 3.05) is 13.2 Å². The standard InChI is InChI=1S/C15H18BrF3N2O10.C2H6/c16-7-1-6-2-9(13(22)30-8(4-28-20-26)5-29-21-27)12(14(17,18)19)31-11(6)10(3-7)15(23,24)25;1-2/h1-3,8,12,23-27H,4-5,20-21H2;1-2H3/q+2;. The van der Waals surface area contributed by atoms with Gasteiger partial charge in [0.25, 0.3) is 0 Å². The zero-order valence-corrected chi connectivity index (χ0v) is 18.8. The van der Waals surface area contributed by atoms with E-state index in [4.69, 9.17) is 19.9 Å². The zero-order valence-electron chi connectivity index (χ0n) is 17.2. The van der Waals surface area contributed by atoms with E-state index in [1.807, 2.05) is 13.8 Å². The summed E-state index contributed by atoms with van der Waals surface area (Å²) in [6, 6.07) is 2.13. The Bertz CT molecular complexity index is 824. The first kappa shape index (κ1) is 29.2. The van der Waals surface area contributed by atoms with Crippen molar-refractivity contribution in [2.45, 2.75) is 38.2 Å². The molecule has 0 saturated heterocycles. The molecule has 0 aromatic heterocycles. The second kappa shape index (κ2) is 12.6. The van der Waals surface area contributed by atoms with Gasteiger partial charge in [-0.05, 0) is 18.2 Å². The molecule has 1 unspecified atom stereocenters. The summed E-state index contributed by atoms with van der Waals surface area (Å²) in [6.45, 7) is 2.96. The summed E-state index contributed by atoms with van der Waals surface area (Å²) in [7, 11) is 0. The van der Waals surface area contributed by atoms with Crippen LogP contribution in [0, 0.1) is 0 Å². The molecule has 2 rings (SSSR count). The largest absolute Gasteiger partial charge is 0.475 e. The van der Waals surface area contributed by atoms with Gasteiger partial charge in [-0.3, -0.25) is 0 Å². The van der Waals surface area contributed by atoms with Gasteiger partial charge in [-0.2, -0.15) is 33.3 Å². The third-order valence-corrected chi connectivity index (χ3v) is 4.25. The van der Waals surface area contributed by atoms with E-state index in [0.717, 1.165) is 12.1 Å². The number of hydrogen-bond acceptors (Lipinski definition) is 10. The number of carbonyl (C=O) groups excluding carboxylic acids is 1. The molecule has 1 atom stereocenters. The number of fused-ring (bicyclic) bond motifs is 1. The molecule has 188 valence electrons. The lowest BCUT2D eigenvalue weighted by Gasteiger charge is -2.31. The van der Waals surface area contributed by atoms with Gasteiger partial charge in [0.05, 0.1) is 11.1 Å². The first-order valence-electron chi connectivity index (χ1n) is 9.20. The summed E-state index contributed by atoms with van der Waals surface area (Å²) in [5.74, 6) is -5.74. The number of carbonyl (C=O) groups is 1. The van der Waals surface area contributed by atoms with Gasteiger partial charge < -0.3 is 24.8 Å². The third kappa shape index (κ3) is 8.14. The fourth-order valence-electron chi connectivity index (χ4n) is 2.57. The number of hydrogen-bond donors (Lipinski definition) is 7. The monoisotopic (exact) mass is 552 g/mol. The second-order valence-electron chi connectivity index (χ2n) is 6.05. The summed E-state index contributed by atoms with van der Waals surface area (Å²) in [5, 5.41) is 45.5. The summed E-state index contributed by atoms with van der Waals surface area (Å²) in [6.07, 6.45) is -8.62.